The number of pyridine rings is 1. The number of anilines is 1. The lowest BCUT2D eigenvalue weighted by Gasteiger charge is -2.19. The maximum absolute atomic E-state index is 12.1. The monoisotopic (exact) mass is 250 g/mol. The van der Waals surface area contributed by atoms with Gasteiger partial charge in [0.25, 0.3) is 5.91 Å². The van der Waals surface area contributed by atoms with E-state index in [4.69, 9.17) is 0 Å². The summed E-state index contributed by atoms with van der Waals surface area (Å²) in [6.45, 7) is 5.56. The lowest BCUT2D eigenvalue weighted by molar-refractivity contribution is 0.0935. The summed E-state index contributed by atoms with van der Waals surface area (Å²) in [7, 11) is 3.97. The molecule has 5 heteroatoms. The summed E-state index contributed by atoms with van der Waals surface area (Å²) in [5, 5.41) is 6.12. The van der Waals surface area contributed by atoms with E-state index in [-0.39, 0.29) is 11.9 Å². The van der Waals surface area contributed by atoms with Crippen LogP contribution in [0.1, 0.15) is 24.2 Å². The van der Waals surface area contributed by atoms with Crippen molar-refractivity contribution in [2.75, 3.05) is 32.5 Å². The summed E-state index contributed by atoms with van der Waals surface area (Å²) in [4.78, 5) is 18.2. The highest BCUT2D eigenvalue weighted by molar-refractivity contribution is 5.99. The van der Waals surface area contributed by atoms with E-state index in [1.165, 1.54) is 0 Å². The van der Waals surface area contributed by atoms with Crippen molar-refractivity contribution < 1.29 is 4.79 Å². The molecule has 1 aromatic heterocycles. The third-order valence-electron chi connectivity index (χ3n) is 2.45. The molecule has 0 aliphatic heterocycles. The number of aromatic nitrogens is 1. The smallest absolute Gasteiger partial charge is 0.253 e. The van der Waals surface area contributed by atoms with Gasteiger partial charge in [0.1, 0.15) is 0 Å². The zero-order valence-electron chi connectivity index (χ0n) is 11.5. The Morgan fingerprint density at radius 2 is 2.22 bits per heavy atom. The molecule has 2 N–H and O–H groups in total. The van der Waals surface area contributed by atoms with E-state index in [0.717, 1.165) is 18.8 Å². The SMILES string of the molecule is CCNc1cnccc1C(=O)NC(C)CN(C)C. The first-order chi connectivity index (χ1) is 8.54. The fourth-order valence-corrected chi connectivity index (χ4v) is 1.82. The number of likely N-dealkylation sites (N-methyl/N-ethyl adjacent to an activating group) is 1. The molecule has 0 bridgehead atoms. The van der Waals surface area contributed by atoms with Crippen LogP contribution in [0.4, 0.5) is 5.69 Å². The Hall–Kier alpha value is -1.62. The van der Waals surface area contributed by atoms with Gasteiger partial charge in [0, 0.05) is 25.3 Å². The van der Waals surface area contributed by atoms with Crippen molar-refractivity contribution >= 4 is 11.6 Å². The van der Waals surface area contributed by atoms with E-state index in [1.807, 2.05) is 32.8 Å². The van der Waals surface area contributed by atoms with E-state index >= 15 is 0 Å². The van der Waals surface area contributed by atoms with Gasteiger partial charge >= 0.3 is 0 Å². The van der Waals surface area contributed by atoms with E-state index in [2.05, 4.69) is 15.6 Å². The number of carbonyl (C=O) groups is 1. The molecule has 1 heterocycles. The zero-order chi connectivity index (χ0) is 13.5. The first-order valence-corrected chi connectivity index (χ1v) is 6.18. The molecule has 5 nitrogen and oxygen atoms in total. The highest BCUT2D eigenvalue weighted by Crippen LogP contribution is 2.12. The Bertz CT molecular complexity index is 392. The second-order valence-electron chi connectivity index (χ2n) is 4.59. The van der Waals surface area contributed by atoms with Crippen LogP contribution in [0.25, 0.3) is 0 Å². The lowest BCUT2D eigenvalue weighted by atomic mass is 10.2. The summed E-state index contributed by atoms with van der Waals surface area (Å²) in [5.41, 5.74) is 1.41. The van der Waals surface area contributed by atoms with Crippen LogP contribution in [0.15, 0.2) is 18.5 Å². The molecule has 0 aliphatic carbocycles. The zero-order valence-corrected chi connectivity index (χ0v) is 11.5. The molecular weight excluding hydrogens is 228 g/mol. The average Bonchev–Trinajstić information content (AvgIpc) is 2.28. The normalized spacial score (nSPS) is 12.3. The Kier molecular flexibility index (Phi) is 5.58. The minimum atomic E-state index is -0.0669. The van der Waals surface area contributed by atoms with Crippen LogP contribution in [0.3, 0.4) is 0 Å². The molecule has 18 heavy (non-hydrogen) atoms. The van der Waals surface area contributed by atoms with Crippen molar-refractivity contribution in [3.05, 3.63) is 24.0 Å². The number of carbonyl (C=O) groups excluding carboxylic acids is 1. The lowest BCUT2D eigenvalue weighted by Crippen LogP contribution is -2.39. The standard InChI is InChI=1S/C13H22N4O/c1-5-15-12-8-14-7-6-11(12)13(18)16-10(2)9-17(3)4/h6-8,10,15H,5,9H2,1-4H3,(H,16,18). The maximum Gasteiger partial charge on any atom is 0.253 e. The molecule has 0 radical (unpaired) electrons. The molecule has 0 spiro atoms. The van der Waals surface area contributed by atoms with Crippen LogP contribution >= 0.6 is 0 Å². The van der Waals surface area contributed by atoms with Crippen LogP contribution in [0.2, 0.25) is 0 Å². The highest BCUT2D eigenvalue weighted by atomic mass is 16.1. The van der Waals surface area contributed by atoms with Gasteiger partial charge in [-0.3, -0.25) is 9.78 Å². The minimum absolute atomic E-state index is 0.0669. The van der Waals surface area contributed by atoms with Gasteiger partial charge in [-0.25, -0.2) is 0 Å². The number of amides is 1. The predicted octanol–water partition coefficient (Wildman–Crippen LogP) is 1.19. The summed E-state index contributed by atoms with van der Waals surface area (Å²) in [6.07, 6.45) is 3.31. The molecule has 1 rings (SSSR count). The van der Waals surface area contributed by atoms with Crippen LogP contribution in [0, 0.1) is 0 Å². The van der Waals surface area contributed by atoms with Gasteiger partial charge in [-0.1, -0.05) is 0 Å². The number of rotatable bonds is 6. The van der Waals surface area contributed by atoms with Crippen molar-refractivity contribution in [1.82, 2.24) is 15.2 Å². The quantitative estimate of drug-likeness (QED) is 0.796. The fraction of sp³-hybridized carbons (Fsp3) is 0.538. The summed E-state index contributed by atoms with van der Waals surface area (Å²) >= 11 is 0. The number of nitrogens with zero attached hydrogens (tertiary/aromatic N) is 2. The second kappa shape index (κ2) is 6.96. The van der Waals surface area contributed by atoms with Crippen molar-refractivity contribution in [3.63, 3.8) is 0 Å². The van der Waals surface area contributed by atoms with Crippen molar-refractivity contribution in [1.29, 1.82) is 0 Å². The van der Waals surface area contributed by atoms with Crippen LogP contribution in [-0.2, 0) is 0 Å². The molecule has 0 saturated heterocycles. The van der Waals surface area contributed by atoms with Gasteiger partial charge in [-0.15, -0.1) is 0 Å². The molecule has 1 aromatic rings. The Morgan fingerprint density at radius 1 is 1.50 bits per heavy atom. The molecule has 1 atom stereocenters. The highest BCUT2D eigenvalue weighted by Gasteiger charge is 2.13. The van der Waals surface area contributed by atoms with Crippen LogP contribution < -0.4 is 10.6 Å². The fourth-order valence-electron chi connectivity index (χ4n) is 1.82. The molecule has 1 amide bonds. The van der Waals surface area contributed by atoms with Crippen molar-refractivity contribution in [2.24, 2.45) is 0 Å². The van der Waals surface area contributed by atoms with Gasteiger partial charge in [0.05, 0.1) is 17.4 Å². The second-order valence-corrected chi connectivity index (χ2v) is 4.59. The van der Waals surface area contributed by atoms with Gasteiger partial charge in [0.15, 0.2) is 0 Å². The number of hydrogen-bond acceptors (Lipinski definition) is 4. The molecule has 0 saturated carbocycles. The van der Waals surface area contributed by atoms with Gasteiger partial charge in [0.2, 0.25) is 0 Å². The third kappa shape index (κ3) is 4.33. The molecular formula is C13H22N4O. The first kappa shape index (κ1) is 14.4. The van der Waals surface area contributed by atoms with Crippen LogP contribution in [0.5, 0.6) is 0 Å². The maximum atomic E-state index is 12.1. The minimum Gasteiger partial charge on any atom is -0.383 e. The molecule has 0 aliphatic rings. The van der Waals surface area contributed by atoms with E-state index in [9.17, 15) is 4.79 Å². The van der Waals surface area contributed by atoms with Gasteiger partial charge in [-0.05, 0) is 34.0 Å². The molecule has 100 valence electrons. The molecule has 0 fully saturated rings. The number of nitrogens with one attached hydrogen (secondary N) is 2. The predicted molar refractivity (Wildman–Crippen MR) is 73.9 cm³/mol. The van der Waals surface area contributed by atoms with E-state index in [1.54, 1.807) is 18.5 Å². The van der Waals surface area contributed by atoms with E-state index < -0.39 is 0 Å². The number of hydrogen-bond donors (Lipinski definition) is 2. The van der Waals surface area contributed by atoms with Crippen molar-refractivity contribution in [2.45, 2.75) is 19.9 Å². The first-order valence-electron chi connectivity index (χ1n) is 6.18. The molecule has 1 unspecified atom stereocenters. The summed E-state index contributed by atoms with van der Waals surface area (Å²) in [5.74, 6) is -0.0669. The Balaban J connectivity index is 2.71. The van der Waals surface area contributed by atoms with Gasteiger partial charge < -0.3 is 15.5 Å². The van der Waals surface area contributed by atoms with E-state index in [0.29, 0.717) is 5.56 Å². The van der Waals surface area contributed by atoms with Crippen LogP contribution in [-0.4, -0.2) is 49.0 Å². The molecule has 0 aromatic carbocycles. The Labute approximate surface area is 109 Å². The third-order valence-corrected chi connectivity index (χ3v) is 2.45. The summed E-state index contributed by atoms with van der Waals surface area (Å²) < 4.78 is 0. The Morgan fingerprint density at radius 3 is 2.83 bits per heavy atom. The summed E-state index contributed by atoms with van der Waals surface area (Å²) in [6, 6.07) is 1.84. The van der Waals surface area contributed by atoms with Crippen molar-refractivity contribution in [3.8, 4) is 0 Å². The topological polar surface area (TPSA) is 57.3 Å². The largest absolute Gasteiger partial charge is 0.383 e. The van der Waals surface area contributed by atoms with Gasteiger partial charge in [-0.2, -0.15) is 0 Å². The average molecular weight is 250 g/mol.